The van der Waals surface area contributed by atoms with Crippen molar-refractivity contribution in [2.24, 2.45) is 0 Å². The van der Waals surface area contributed by atoms with Gasteiger partial charge in [-0.05, 0) is 19.8 Å². The lowest BCUT2D eigenvalue weighted by Crippen LogP contribution is -2.66. The minimum Gasteiger partial charge on any atom is -0.394 e. The Bertz CT molecular complexity index is 970. The predicted octanol–water partition coefficient (Wildman–Crippen LogP) is 10.9. The van der Waals surface area contributed by atoms with Gasteiger partial charge in [-0.3, -0.25) is 4.79 Å². The fourth-order valence-electron chi connectivity index (χ4n) is 8.82. The molecular weight excluding hydrogens is 771 g/mol. The van der Waals surface area contributed by atoms with E-state index in [2.05, 4.69) is 19.2 Å². The van der Waals surface area contributed by atoms with Gasteiger partial charge in [0.2, 0.25) is 5.91 Å². The molecule has 1 saturated heterocycles. The van der Waals surface area contributed by atoms with Gasteiger partial charge in [-0.25, -0.2) is 0 Å². The Morgan fingerprint density at radius 3 is 1.30 bits per heavy atom. The average molecular weight is 872 g/mol. The van der Waals surface area contributed by atoms with E-state index >= 15 is 0 Å². The first-order valence-electron chi connectivity index (χ1n) is 26.2. The molecular formula is C51H101NO9. The van der Waals surface area contributed by atoms with Gasteiger partial charge in [0.15, 0.2) is 6.29 Å². The molecule has 0 aliphatic carbocycles. The van der Waals surface area contributed by atoms with E-state index in [1.54, 1.807) is 0 Å². The summed E-state index contributed by atoms with van der Waals surface area (Å²) in [4.78, 5) is 13.1. The number of unbranched alkanes of at least 4 members (excludes halogenated alkanes) is 33. The summed E-state index contributed by atoms with van der Waals surface area (Å²) in [6, 6.07) is -1.000. The highest BCUT2D eigenvalue weighted by molar-refractivity contribution is 5.76. The molecule has 0 aromatic heterocycles. The van der Waals surface area contributed by atoms with Gasteiger partial charge in [-0.1, -0.05) is 232 Å². The quantitative estimate of drug-likeness (QED) is 0.0295. The highest BCUT2D eigenvalue weighted by Crippen LogP contribution is 2.31. The second-order valence-electron chi connectivity index (χ2n) is 19.1. The normalized spacial score (nSPS) is 22.0. The molecule has 1 rings (SSSR count). The van der Waals surface area contributed by atoms with E-state index in [9.17, 15) is 35.4 Å². The Hall–Kier alpha value is -0.850. The van der Waals surface area contributed by atoms with E-state index in [-0.39, 0.29) is 18.9 Å². The molecule has 0 saturated carbocycles. The molecule has 1 heterocycles. The molecule has 2 unspecified atom stereocenters. The zero-order valence-electron chi connectivity index (χ0n) is 40.0. The van der Waals surface area contributed by atoms with E-state index < -0.39 is 55.1 Å². The van der Waals surface area contributed by atoms with E-state index in [1.165, 1.54) is 180 Å². The number of carbonyl (C=O) groups is 1. The number of hydrogen-bond acceptors (Lipinski definition) is 9. The van der Waals surface area contributed by atoms with Crippen molar-refractivity contribution in [1.29, 1.82) is 0 Å². The third-order valence-electron chi connectivity index (χ3n) is 13.2. The van der Waals surface area contributed by atoms with Crippen molar-refractivity contribution in [2.75, 3.05) is 13.2 Å². The zero-order valence-corrected chi connectivity index (χ0v) is 40.0. The molecule has 10 nitrogen and oxygen atoms in total. The maximum Gasteiger partial charge on any atom is 0.220 e. The highest BCUT2D eigenvalue weighted by Gasteiger charge is 2.52. The summed E-state index contributed by atoms with van der Waals surface area (Å²) >= 11 is 0. The summed E-state index contributed by atoms with van der Waals surface area (Å²) in [5, 5.41) is 66.4. The summed E-state index contributed by atoms with van der Waals surface area (Å²) in [5.41, 5.74) is -2.02. The molecule has 0 radical (unpaired) electrons. The molecule has 10 heteroatoms. The lowest BCUT2D eigenvalue weighted by Gasteiger charge is -2.46. The van der Waals surface area contributed by atoms with Crippen molar-refractivity contribution in [1.82, 2.24) is 5.32 Å². The van der Waals surface area contributed by atoms with Crippen LogP contribution in [-0.4, -0.2) is 98.2 Å². The lowest BCUT2D eigenvalue weighted by molar-refractivity contribution is -0.337. The minimum atomic E-state index is -2.02. The first-order chi connectivity index (χ1) is 29.6. The number of hydrogen-bond donors (Lipinski definition) is 7. The summed E-state index contributed by atoms with van der Waals surface area (Å²) in [5.74, 6) is -0.256. The smallest absolute Gasteiger partial charge is 0.220 e. The van der Waals surface area contributed by atoms with Crippen molar-refractivity contribution < 1.29 is 44.9 Å². The van der Waals surface area contributed by atoms with Gasteiger partial charge >= 0.3 is 0 Å². The molecule has 1 aliphatic rings. The van der Waals surface area contributed by atoms with Crippen molar-refractivity contribution in [3.8, 4) is 0 Å². The van der Waals surface area contributed by atoms with Crippen molar-refractivity contribution >= 4 is 5.91 Å². The topological polar surface area (TPSA) is 169 Å². The summed E-state index contributed by atoms with van der Waals surface area (Å²) in [6.45, 7) is 4.86. The van der Waals surface area contributed by atoms with Gasteiger partial charge in [-0.15, -0.1) is 0 Å². The van der Waals surface area contributed by atoms with Crippen LogP contribution in [0, 0.1) is 0 Å². The monoisotopic (exact) mass is 872 g/mol. The molecule has 0 aromatic carbocycles. The third kappa shape index (κ3) is 29.3. The van der Waals surface area contributed by atoms with Crippen LogP contribution in [0.4, 0.5) is 0 Å². The Kier molecular flexibility index (Phi) is 37.7. The first kappa shape index (κ1) is 58.2. The van der Waals surface area contributed by atoms with Crippen molar-refractivity contribution in [3.63, 3.8) is 0 Å². The molecule has 0 bridgehead atoms. The van der Waals surface area contributed by atoms with Crippen LogP contribution in [0.15, 0.2) is 0 Å². The standard InChI is InChI=1S/C51H101NO9/c1-4-6-8-10-12-14-16-18-19-20-21-22-23-24-25-26-27-28-30-32-34-36-38-40-46(55)52-43(42-60-50-51(3,59)49(58)48(57)45(41-53)61-50)47(56)44(54)39-37-35-33-31-29-17-15-13-11-9-7-5-2/h43-45,47-50,53-54,56-59H,4-42H2,1-3H3,(H,52,55)/t43-,44+,45?,47-,48-,49+,50-,51?/m0/s1. The largest absolute Gasteiger partial charge is 0.394 e. The number of carbonyl (C=O) groups excluding carboxylic acids is 1. The maximum absolute atomic E-state index is 13.1. The SMILES string of the molecule is CCCCCCCCCCCCCCCCCCCCCCCCCC(=O)N[C@@H](CO[C@H]1OC(CO)[C@H](O)[C@@H](O)C1(C)O)[C@H](O)[C@H](O)CCCCCCCCCCCCCC. The highest BCUT2D eigenvalue weighted by atomic mass is 16.7. The predicted molar refractivity (Wildman–Crippen MR) is 250 cm³/mol. The van der Waals surface area contributed by atoms with Gasteiger partial charge in [0, 0.05) is 6.42 Å². The molecule has 61 heavy (non-hydrogen) atoms. The molecule has 1 amide bonds. The Morgan fingerprint density at radius 1 is 0.590 bits per heavy atom. The van der Waals surface area contributed by atoms with Gasteiger partial charge in [-0.2, -0.15) is 0 Å². The lowest BCUT2D eigenvalue weighted by atomic mass is 9.88. The second-order valence-corrected chi connectivity index (χ2v) is 19.1. The van der Waals surface area contributed by atoms with Crippen LogP contribution >= 0.6 is 0 Å². The fourth-order valence-corrected chi connectivity index (χ4v) is 8.82. The van der Waals surface area contributed by atoms with Crippen LogP contribution in [0.2, 0.25) is 0 Å². The van der Waals surface area contributed by atoms with Crippen LogP contribution < -0.4 is 5.32 Å². The Labute approximate surface area is 375 Å². The number of aliphatic hydroxyl groups is 6. The van der Waals surface area contributed by atoms with Crippen molar-refractivity contribution in [2.45, 2.75) is 307 Å². The number of aliphatic hydroxyl groups excluding tert-OH is 5. The molecule has 0 aromatic rings. The van der Waals surface area contributed by atoms with E-state index in [4.69, 9.17) is 9.47 Å². The van der Waals surface area contributed by atoms with Gasteiger partial charge in [0.05, 0.1) is 25.4 Å². The van der Waals surface area contributed by atoms with Crippen LogP contribution in [0.25, 0.3) is 0 Å². The minimum absolute atomic E-state index is 0.256. The van der Waals surface area contributed by atoms with Crippen LogP contribution in [0.5, 0.6) is 0 Å². The molecule has 1 aliphatic heterocycles. The van der Waals surface area contributed by atoms with Crippen LogP contribution in [0.1, 0.15) is 258 Å². The van der Waals surface area contributed by atoms with E-state index in [0.717, 1.165) is 51.4 Å². The fraction of sp³-hybridized carbons (Fsp3) is 0.980. The zero-order chi connectivity index (χ0) is 44.8. The second kappa shape index (κ2) is 39.5. The number of nitrogens with one attached hydrogen (secondary N) is 1. The number of ether oxygens (including phenoxy) is 2. The third-order valence-corrected chi connectivity index (χ3v) is 13.2. The van der Waals surface area contributed by atoms with Gasteiger partial charge in [0.1, 0.15) is 30.0 Å². The van der Waals surface area contributed by atoms with Gasteiger partial charge in [0.25, 0.3) is 0 Å². The Balaban J connectivity index is 2.31. The molecule has 8 atom stereocenters. The van der Waals surface area contributed by atoms with E-state index in [0.29, 0.717) is 6.42 Å². The maximum atomic E-state index is 13.1. The Morgan fingerprint density at radius 2 is 0.934 bits per heavy atom. The van der Waals surface area contributed by atoms with Crippen molar-refractivity contribution in [3.05, 3.63) is 0 Å². The summed E-state index contributed by atoms with van der Waals surface area (Å²) in [7, 11) is 0. The van der Waals surface area contributed by atoms with E-state index in [1.807, 2.05) is 0 Å². The summed E-state index contributed by atoms with van der Waals surface area (Å²) in [6.07, 6.45) is 36.8. The number of amides is 1. The van der Waals surface area contributed by atoms with Gasteiger partial charge < -0.3 is 45.4 Å². The average Bonchev–Trinajstić information content (AvgIpc) is 3.25. The van der Waals surface area contributed by atoms with Crippen LogP contribution in [0.3, 0.4) is 0 Å². The number of rotatable bonds is 44. The summed E-state index contributed by atoms with van der Waals surface area (Å²) < 4.78 is 11.4. The molecule has 1 fully saturated rings. The molecule has 364 valence electrons. The molecule has 0 spiro atoms. The molecule has 7 N–H and O–H groups in total. The first-order valence-corrected chi connectivity index (χ1v) is 26.2. The van der Waals surface area contributed by atoms with Crippen LogP contribution in [-0.2, 0) is 14.3 Å².